The van der Waals surface area contributed by atoms with E-state index in [2.05, 4.69) is 20.6 Å². The molecule has 1 fully saturated rings. The lowest BCUT2D eigenvalue weighted by Gasteiger charge is -2.22. The summed E-state index contributed by atoms with van der Waals surface area (Å²) >= 11 is 6.16. The van der Waals surface area contributed by atoms with Gasteiger partial charge in [-0.1, -0.05) is 24.1 Å². The monoisotopic (exact) mass is 548 g/mol. The number of benzene rings is 2. The first-order chi connectivity index (χ1) is 18.9. The zero-order valence-electron chi connectivity index (χ0n) is 21.7. The summed E-state index contributed by atoms with van der Waals surface area (Å²) in [6.45, 7) is 2.56. The van der Waals surface area contributed by atoms with Crippen LogP contribution in [-0.4, -0.2) is 49.1 Å². The second kappa shape index (κ2) is 12.9. The molecule has 2 heterocycles. The molecule has 0 saturated carbocycles. The summed E-state index contributed by atoms with van der Waals surface area (Å²) in [4.78, 5) is 36.2. The molecule has 3 aromatic rings. The van der Waals surface area contributed by atoms with Crippen LogP contribution in [0.3, 0.4) is 0 Å². The molecule has 202 valence electrons. The van der Waals surface area contributed by atoms with Crippen LogP contribution in [0, 0.1) is 24.3 Å². The van der Waals surface area contributed by atoms with Crippen LogP contribution in [0.1, 0.15) is 30.6 Å². The van der Waals surface area contributed by atoms with E-state index in [4.69, 9.17) is 20.8 Å². The van der Waals surface area contributed by atoms with E-state index in [0.29, 0.717) is 29.4 Å². The third-order valence-corrected chi connectivity index (χ3v) is 6.56. The Bertz CT molecular complexity index is 1460. The van der Waals surface area contributed by atoms with Crippen LogP contribution in [0.5, 0.6) is 5.75 Å². The van der Waals surface area contributed by atoms with Gasteiger partial charge in [-0.2, -0.15) is 5.26 Å². The van der Waals surface area contributed by atoms with E-state index in [-0.39, 0.29) is 30.9 Å². The predicted octanol–water partition coefficient (Wildman–Crippen LogP) is 4.48. The van der Waals surface area contributed by atoms with Gasteiger partial charge in [0.1, 0.15) is 17.1 Å². The number of hydrogen-bond acceptors (Lipinski definition) is 6. The van der Waals surface area contributed by atoms with Gasteiger partial charge in [0.25, 0.3) is 0 Å². The van der Waals surface area contributed by atoms with Gasteiger partial charge in [0.2, 0.25) is 17.8 Å². The number of fused-ring (bicyclic) bond motifs is 1. The van der Waals surface area contributed by atoms with E-state index in [9.17, 15) is 14.9 Å². The van der Waals surface area contributed by atoms with Crippen molar-refractivity contribution in [2.24, 2.45) is 15.9 Å². The Morgan fingerprint density at radius 2 is 2.13 bits per heavy atom. The Hall–Kier alpha value is -4.36. The molecule has 0 spiro atoms. The Labute approximate surface area is 231 Å². The number of methoxy groups -OCH3 is 1. The summed E-state index contributed by atoms with van der Waals surface area (Å²) in [5, 5.41) is 15.8. The maximum absolute atomic E-state index is 13.2. The van der Waals surface area contributed by atoms with Crippen molar-refractivity contribution in [1.29, 1.82) is 5.26 Å². The summed E-state index contributed by atoms with van der Waals surface area (Å²) in [6, 6.07) is 12.6. The van der Waals surface area contributed by atoms with E-state index in [1.165, 1.54) is 13.3 Å². The Kier molecular flexibility index (Phi) is 9.18. The molecule has 4 rings (SSSR count). The van der Waals surface area contributed by atoms with Crippen LogP contribution < -0.4 is 15.4 Å². The number of guanidine groups is 1. The highest BCUT2D eigenvalue weighted by Crippen LogP contribution is 2.26. The first-order valence-corrected chi connectivity index (χ1v) is 12.9. The third kappa shape index (κ3) is 7.36. The zero-order chi connectivity index (χ0) is 27.8. The van der Waals surface area contributed by atoms with Crippen molar-refractivity contribution < 1.29 is 18.7 Å². The van der Waals surface area contributed by atoms with Crippen molar-refractivity contribution in [3.05, 3.63) is 58.8 Å². The fourth-order valence-electron chi connectivity index (χ4n) is 4.34. The Morgan fingerprint density at radius 1 is 1.28 bits per heavy atom. The molecule has 10 nitrogen and oxygen atoms in total. The second-order valence-electron chi connectivity index (χ2n) is 9.14. The zero-order valence-corrected chi connectivity index (χ0v) is 22.5. The van der Waals surface area contributed by atoms with Gasteiger partial charge < -0.3 is 19.4 Å². The van der Waals surface area contributed by atoms with Crippen LogP contribution in [0.2, 0.25) is 5.02 Å². The quantitative estimate of drug-likeness (QED) is 0.194. The molecule has 0 radical (unpaired) electrons. The molecule has 11 heteroatoms. The number of halogens is 1. The van der Waals surface area contributed by atoms with Crippen LogP contribution in [0.25, 0.3) is 11.0 Å². The maximum atomic E-state index is 13.2. The lowest BCUT2D eigenvalue weighted by molar-refractivity contribution is -0.137. The number of likely N-dealkylation sites (tertiary alicyclic amines) is 1. The van der Waals surface area contributed by atoms with Crippen molar-refractivity contribution >= 4 is 52.2 Å². The average Bonchev–Trinajstić information content (AvgIpc) is 3.20. The molecular formula is C28H29ClN6O4. The molecule has 1 aliphatic rings. The highest BCUT2D eigenvalue weighted by Gasteiger charge is 2.27. The van der Waals surface area contributed by atoms with Gasteiger partial charge in [-0.3, -0.25) is 14.9 Å². The molecule has 1 saturated heterocycles. The van der Waals surface area contributed by atoms with Gasteiger partial charge in [0, 0.05) is 24.7 Å². The summed E-state index contributed by atoms with van der Waals surface area (Å²) in [7, 11) is 1.54. The number of nitriles is 1. The molecular weight excluding hydrogens is 520 g/mol. The average molecular weight is 549 g/mol. The minimum atomic E-state index is -0.537. The second-order valence-corrected chi connectivity index (χ2v) is 9.54. The summed E-state index contributed by atoms with van der Waals surface area (Å²) in [5.41, 5.74) is 2.15. The molecule has 2 aromatic carbocycles. The number of hydrogen-bond donors (Lipinski definition) is 2. The number of aliphatic imine (C=N–C) groups is 2. The number of furan rings is 1. The third-order valence-electron chi connectivity index (χ3n) is 6.26. The largest absolute Gasteiger partial charge is 0.495 e. The van der Waals surface area contributed by atoms with Gasteiger partial charge in [-0.15, -0.1) is 0 Å². The molecule has 1 aromatic heterocycles. The number of amides is 2. The van der Waals surface area contributed by atoms with Crippen molar-refractivity contribution in [3.63, 3.8) is 0 Å². The number of carbonyl (C=O) groups excluding carboxylic acids is 2. The number of nitrogens with zero attached hydrogens (tertiary/aromatic N) is 4. The SMILES string of the molecule is COc1ccc(CNC(=O)CN2CCCCC(/C=N/C(=Nc3ccc4oc(C)cc4c3)NC#N)C2=O)cc1Cl. The minimum Gasteiger partial charge on any atom is -0.495 e. The molecule has 2 N–H and O–H groups in total. The molecule has 2 amide bonds. The summed E-state index contributed by atoms with van der Waals surface area (Å²) in [5.74, 6) is 0.412. The van der Waals surface area contributed by atoms with E-state index < -0.39 is 5.92 Å². The topological polar surface area (TPSA) is 132 Å². The number of ether oxygens (including phenoxy) is 1. The highest BCUT2D eigenvalue weighted by molar-refractivity contribution is 6.32. The van der Waals surface area contributed by atoms with E-state index in [0.717, 1.165) is 35.1 Å². The van der Waals surface area contributed by atoms with Gasteiger partial charge in [-0.25, -0.2) is 9.98 Å². The summed E-state index contributed by atoms with van der Waals surface area (Å²) in [6.07, 6.45) is 5.51. The van der Waals surface area contributed by atoms with Crippen LogP contribution in [-0.2, 0) is 16.1 Å². The predicted molar refractivity (Wildman–Crippen MR) is 149 cm³/mol. The fourth-order valence-corrected chi connectivity index (χ4v) is 4.62. The van der Waals surface area contributed by atoms with Crippen molar-refractivity contribution in [1.82, 2.24) is 15.5 Å². The number of rotatable bonds is 7. The Balaban J connectivity index is 1.40. The van der Waals surface area contributed by atoms with Gasteiger partial charge >= 0.3 is 0 Å². The van der Waals surface area contributed by atoms with Crippen molar-refractivity contribution in [2.45, 2.75) is 32.7 Å². The normalized spacial score (nSPS) is 16.3. The van der Waals surface area contributed by atoms with E-state index >= 15 is 0 Å². The van der Waals surface area contributed by atoms with Crippen LogP contribution in [0.15, 0.2) is 56.9 Å². The lowest BCUT2D eigenvalue weighted by atomic mass is 10.0. The van der Waals surface area contributed by atoms with Gasteiger partial charge in [0.15, 0.2) is 6.19 Å². The molecule has 0 bridgehead atoms. The number of aryl methyl sites for hydroxylation is 1. The standard InChI is InChI=1S/C28H29ClN6O4/c1-18-11-21-13-22(7-9-24(21)39-18)34-28(33-17-30)32-15-20-5-3-4-10-35(27(20)37)16-26(36)31-14-19-6-8-25(38-2)23(29)12-19/h6-9,11-13,15,20H,3-5,10,14,16H2,1-2H3,(H,31,36)(H,33,34)/b32-15+. The van der Waals surface area contributed by atoms with E-state index in [1.54, 1.807) is 29.2 Å². The number of nitrogens with one attached hydrogen (secondary N) is 2. The van der Waals surface area contributed by atoms with Crippen molar-refractivity contribution in [3.8, 4) is 11.9 Å². The van der Waals surface area contributed by atoms with E-state index in [1.807, 2.05) is 31.3 Å². The van der Waals surface area contributed by atoms with Crippen LogP contribution >= 0.6 is 11.6 Å². The minimum absolute atomic E-state index is 0.0609. The fraction of sp³-hybridized carbons (Fsp3) is 0.321. The molecule has 1 aliphatic heterocycles. The first-order valence-electron chi connectivity index (χ1n) is 12.5. The molecule has 1 unspecified atom stereocenters. The van der Waals surface area contributed by atoms with Gasteiger partial charge in [0.05, 0.1) is 30.3 Å². The molecule has 1 atom stereocenters. The summed E-state index contributed by atoms with van der Waals surface area (Å²) < 4.78 is 10.7. The van der Waals surface area contributed by atoms with Gasteiger partial charge in [-0.05, 0) is 61.7 Å². The maximum Gasteiger partial charge on any atom is 0.239 e. The van der Waals surface area contributed by atoms with Crippen LogP contribution in [0.4, 0.5) is 5.69 Å². The number of carbonyl (C=O) groups is 2. The highest BCUT2D eigenvalue weighted by atomic mass is 35.5. The first kappa shape index (κ1) is 27.7. The molecule has 39 heavy (non-hydrogen) atoms. The Morgan fingerprint density at radius 3 is 2.90 bits per heavy atom. The molecule has 0 aliphatic carbocycles. The van der Waals surface area contributed by atoms with Crippen molar-refractivity contribution in [2.75, 3.05) is 20.2 Å². The smallest absolute Gasteiger partial charge is 0.239 e. The lowest BCUT2D eigenvalue weighted by Crippen LogP contribution is -2.43.